The van der Waals surface area contributed by atoms with Gasteiger partial charge in [-0.1, -0.05) is 133 Å². The van der Waals surface area contributed by atoms with Crippen LogP contribution in [0.3, 0.4) is 0 Å². The maximum absolute atomic E-state index is 11.2. The van der Waals surface area contributed by atoms with Crippen molar-refractivity contribution in [3.05, 3.63) is 242 Å². The molecule has 8 nitrogen and oxygen atoms in total. The summed E-state index contributed by atoms with van der Waals surface area (Å²) in [5, 5.41) is 35.8. The minimum absolute atomic E-state index is 0.354. The average molecular weight is 933 g/mol. The molecule has 0 saturated heterocycles. The van der Waals surface area contributed by atoms with Gasteiger partial charge in [-0.2, -0.15) is 33.7 Å². The zero-order chi connectivity index (χ0) is 46.6. The molecule has 0 aliphatic rings. The van der Waals surface area contributed by atoms with Crippen LogP contribution in [0, 0.1) is 0 Å². The Labute approximate surface area is 409 Å². The Bertz CT molecular complexity index is 2450. The lowest BCUT2D eigenvalue weighted by Crippen LogP contribution is -2.30. The van der Waals surface area contributed by atoms with Crippen molar-refractivity contribution in [1.29, 1.82) is 0 Å². The van der Waals surface area contributed by atoms with Gasteiger partial charge in [0.1, 0.15) is 0 Å². The van der Waals surface area contributed by atoms with E-state index in [4.69, 9.17) is 10.2 Å². The van der Waals surface area contributed by atoms with Crippen LogP contribution >= 0.6 is 23.5 Å². The van der Waals surface area contributed by atoms with Crippen LogP contribution in [-0.4, -0.2) is 71.0 Å². The molecule has 2 unspecified atom stereocenters. The van der Waals surface area contributed by atoms with E-state index in [0.717, 1.165) is 68.1 Å². The fourth-order valence-corrected chi connectivity index (χ4v) is 9.63. The Morgan fingerprint density at radius 3 is 0.868 bits per heavy atom. The van der Waals surface area contributed by atoms with Gasteiger partial charge in [0.15, 0.2) is 0 Å². The zero-order valence-electron chi connectivity index (χ0n) is 37.9. The number of rotatable bonds is 23. The molecule has 0 aliphatic heterocycles. The lowest BCUT2D eigenvalue weighted by molar-refractivity contribution is 0.204. The van der Waals surface area contributed by atoms with Crippen LogP contribution in [0.5, 0.6) is 0 Å². The van der Waals surface area contributed by atoms with E-state index < -0.39 is 12.2 Å². The van der Waals surface area contributed by atoms with Gasteiger partial charge in [0, 0.05) is 57.1 Å². The van der Waals surface area contributed by atoms with Gasteiger partial charge in [0.2, 0.25) is 0 Å². The number of benzene rings is 8. The van der Waals surface area contributed by atoms with Gasteiger partial charge >= 0.3 is 0 Å². The molecular weight excluding hydrogens is 877 g/mol. The summed E-state index contributed by atoms with van der Waals surface area (Å²) in [6.07, 6.45) is 2.51. The van der Waals surface area contributed by atoms with Gasteiger partial charge in [0.25, 0.3) is 0 Å². The lowest BCUT2D eigenvalue weighted by Gasteiger charge is -2.25. The first kappa shape index (κ1) is 47.4. The molecule has 10 heteroatoms. The van der Waals surface area contributed by atoms with Crippen molar-refractivity contribution in [2.24, 2.45) is 10.2 Å². The van der Waals surface area contributed by atoms with Crippen molar-refractivity contribution >= 4 is 81.5 Å². The highest BCUT2D eigenvalue weighted by atomic mass is 32.2. The van der Waals surface area contributed by atoms with E-state index in [1.54, 1.807) is 23.5 Å². The Morgan fingerprint density at radius 1 is 0.338 bits per heavy atom. The minimum Gasteiger partial charge on any atom is -0.390 e. The summed E-state index contributed by atoms with van der Waals surface area (Å²) in [5.41, 5.74) is 10.2. The first-order valence-electron chi connectivity index (χ1n) is 22.8. The number of aliphatic hydroxyl groups excluding tert-OH is 2. The highest BCUT2D eigenvalue weighted by molar-refractivity contribution is 8.02. The number of para-hydroxylation sites is 6. The van der Waals surface area contributed by atoms with Gasteiger partial charge in [0.05, 0.1) is 49.1 Å². The smallest absolute Gasteiger partial charge is 0.0826 e. The van der Waals surface area contributed by atoms with Crippen molar-refractivity contribution in [2.45, 2.75) is 12.2 Å². The number of anilines is 8. The summed E-state index contributed by atoms with van der Waals surface area (Å²) >= 11 is 3.42. The maximum atomic E-state index is 11.2. The molecule has 8 aromatic rings. The second-order valence-corrected chi connectivity index (χ2v) is 18.3. The number of nitrogens with zero attached hydrogens (tertiary/aromatic N) is 6. The van der Waals surface area contributed by atoms with Crippen LogP contribution in [0.4, 0.5) is 45.5 Å². The first-order chi connectivity index (χ1) is 33.6. The molecule has 68 heavy (non-hydrogen) atoms. The van der Waals surface area contributed by atoms with Crippen LogP contribution < -0.4 is 19.8 Å². The van der Waals surface area contributed by atoms with Crippen molar-refractivity contribution < 1.29 is 10.2 Å². The van der Waals surface area contributed by atoms with E-state index in [9.17, 15) is 10.2 Å². The maximum Gasteiger partial charge on any atom is 0.0826 e. The SMILES string of the molecule is OC(CSCCSCC(O)CN(N=Cc1ccc(N(c2ccccc2)c2ccccc2)cc1)c1ccccc1)CN(N=Cc1ccc(N(c2ccccc2)c2ccccc2)cc1)c1ccccc1. The van der Waals surface area contributed by atoms with Crippen molar-refractivity contribution in [3.63, 3.8) is 0 Å². The molecule has 0 saturated carbocycles. The number of hydrogen-bond acceptors (Lipinski definition) is 10. The monoisotopic (exact) mass is 932 g/mol. The third-order valence-electron chi connectivity index (χ3n) is 10.9. The number of hydrazone groups is 2. The molecule has 0 aliphatic carbocycles. The molecule has 0 aromatic heterocycles. The molecule has 2 N–H and O–H groups in total. The van der Waals surface area contributed by atoms with Crippen LogP contribution in [-0.2, 0) is 0 Å². The topological polar surface area (TPSA) is 78.1 Å². The molecule has 342 valence electrons. The van der Waals surface area contributed by atoms with Crippen molar-refractivity contribution in [1.82, 2.24) is 0 Å². The zero-order valence-corrected chi connectivity index (χ0v) is 39.5. The normalized spacial score (nSPS) is 12.2. The van der Waals surface area contributed by atoms with E-state index >= 15 is 0 Å². The fourth-order valence-electron chi connectivity index (χ4n) is 7.59. The van der Waals surface area contributed by atoms with Gasteiger partial charge in [-0.3, -0.25) is 10.0 Å². The molecule has 8 rings (SSSR count). The van der Waals surface area contributed by atoms with E-state index in [-0.39, 0.29) is 0 Å². The predicted molar refractivity (Wildman–Crippen MR) is 292 cm³/mol. The Kier molecular flexibility index (Phi) is 17.5. The van der Waals surface area contributed by atoms with Crippen LogP contribution in [0.2, 0.25) is 0 Å². The van der Waals surface area contributed by atoms with E-state index in [0.29, 0.717) is 24.6 Å². The average Bonchev–Trinajstić information content (AvgIpc) is 3.40. The Morgan fingerprint density at radius 2 is 0.588 bits per heavy atom. The van der Waals surface area contributed by atoms with Crippen molar-refractivity contribution in [3.8, 4) is 0 Å². The van der Waals surface area contributed by atoms with Crippen LogP contribution in [0.25, 0.3) is 0 Å². The van der Waals surface area contributed by atoms with Crippen molar-refractivity contribution in [2.75, 3.05) is 55.9 Å². The summed E-state index contributed by atoms with van der Waals surface area (Å²) in [6.45, 7) is 0.708. The molecule has 2 atom stereocenters. The third-order valence-corrected chi connectivity index (χ3v) is 13.4. The van der Waals surface area contributed by atoms with E-state index in [1.807, 2.05) is 107 Å². The number of thioether (sulfide) groups is 2. The molecule has 0 bridgehead atoms. The Balaban J connectivity index is 0.815. The van der Waals surface area contributed by atoms with Gasteiger partial charge in [-0.25, -0.2) is 0 Å². The minimum atomic E-state index is -0.596. The molecule has 0 spiro atoms. The quantitative estimate of drug-likeness (QED) is 0.0373. The summed E-state index contributed by atoms with van der Waals surface area (Å²) in [7, 11) is 0. The Hall–Kier alpha value is -7.08. The fraction of sp³-hybridized carbons (Fsp3) is 0.138. The lowest BCUT2D eigenvalue weighted by atomic mass is 10.1. The van der Waals surface area contributed by atoms with Gasteiger partial charge < -0.3 is 20.0 Å². The number of aliphatic hydroxyl groups is 2. The molecule has 0 amide bonds. The van der Waals surface area contributed by atoms with Crippen LogP contribution in [0.1, 0.15) is 11.1 Å². The highest BCUT2D eigenvalue weighted by Crippen LogP contribution is 2.35. The second kappa shape index (κ2) is 25.2. The molecule has 0 fully saturated rings. The molecule has 8 aromatic carbocycles. The van der Waals surface area contributed by atoms with Crippen LogP contribution in [0.15, 0.2) is 241 Å². The molecular formula is C58H56N6O2S2. The largest absolute Gasteiger partial charge is 0.390 e. The summed E-state index contributed by atoms with van der Waals surface area (Å²) in [6, 6.07) is 78.1. The van der Waals surface area contributed by atoms with Gasteiger partial charge in [-0.05, 0) is 108 Å². The molecule has 0 heterocycles. The third kappa shape index (κ3) is 13.7. The summed E-state index contributed by atoms with van der Waals surface area (Å²) in [5.74, 6) is 2.83. The van der Waals surface area contributed by atoms with E-state index in [2.05, 4.69) is 155 Å². The highest BCUT2D eigenvalue weighted by Gasteiger charge is 2.16. The summed E-state index contributed by atoms with van der Waals surface area (Å²) < 4.78 is 0. The standard InChI is InChI=1S/C58H56N6O2S2/c65-57(43-61(49-19-7-1-8-20-49)59-41-47-31-35-55(36-32-47)63(51-23-11-3-12-24-51)52-25-13-4-14-26-52)45-67-39-40-68-46-58(66)44-62(50-21-9-2-10-22-50)60-42-48-33-37-56(38-34-48)64(53-27-15-5-16-28-53)54-29-17-6-18-30-54/h1-38,41-42,57-58,65-66H,39-40,43-46H2. The summed E-state index contributed by atoms with van der Waals surface area (Å²) in [4.78, 5) is 4.46. The second-order valence-electron chi connectivity index (χ2n) is 16.0. The first-order valence-corrected chi connectivity index (χ1v) is 25.1. The van der Waals surface area contributed by atoms with E-state index in [1.165, 1.54) is 0 Å². The predicted octanol–water partition coefficient (Wildman–Crippen LogP) is 13.2. The molecule has 0 radical (unpaired) electrons. The van der Waals surface area contributed by atoms with Gasteiger partial charge in [-0.15, -0.1) is 0 Å². The number of hydrogen-bond donors (Lipinski definition) is 2.